The van der Waals surface area contributed by atoms with Gasteiger partial charge in [0.2, 0.25) is 0 Å². The highest BCUT2D eigenvalue weighted by Gasteiger charge is 2.03. The lowest BCUT2D eigenvalue weighted by Gasteiger charge is -2.15. The number of rotatable bonds is 7. The number of aromatic nitrogens is 1. The molecule has 0 saturated carbocycles. The summed E-state index contributed by atoms with van der Waals surface area (Å²) in [6.45, 7) is 6.42. The molecule has 0 aliphatic heterocycles. The fourth-order valence-electron chi connectivity index (χ4n) is 2.16. The minimum atomic E-state index is 0.975. The number of likely N-dealkylation sites (N-methyl/N-ethyl adjacent to an activating group) is 1. The number of H-pyrrole nitrogens is 1. The SMILES string of the molecule is CCCNCCN(C)Cc1cc2ccccc2[nH]1. The Morgan fingerprint density at radius 2 is 2.06 bits per heavy atom. The summed E-state index contributed by atoms with van der Waals surface area (Å²) < 4.78 is 0. The number of hydrogen-bond donors (Lipinski definition) is 2. The molecule has 2 N–H and O–H groups in total. The van der Waals surface area contributed by atoms with Crippen LogP contribution in [0, 0.1) is 0 Å². The Morgan fingerprint density at radius 1 is 1.22 bits per heavy atom. The Bertz CT molecular complexity index is 442. The summed E-state index contributed by atoms with van der Waals surface area (Å²) in [5.74, 6) is 0. The van der Waals surface area contributed by atoms with Gasteiger partial charge in [-0.05, 0) is 37.5 Å². The molecule has 0 unspecified atom stereocenters. The van der Waals surface area contributed by atoms with Gasteiger partial charge in [0.25, 0.3) is 0 Å². The third-order valence-corrected chi connectivity index (χ3v) is 3.12. The van der Waals surface area contributed by atoms with E-state index in [1.165, 1.54) is 23.0 Å². The average Bonchev–Trinajstić information content (AvgIpc) is 2.76. The first kappa shape index (κ1) is 13.1. The molecule has 2 rings (SSSR count). The zero-order valence-electron chi connectivity index (χ0n) is 11.4. The molecular formula is C15H23N3. The van der Waals surface area contributed by atoms with Crippen molar-refractivity contribution < 1.29 is 0 Å². The summed E-state index contributed by atoms with van der Waals surface area (Å²) >= 11 is 0. The Labute approximate surface area is 109 Å². The zero-order chi connectivity index (χ0) is 12.8. The highest BCUT2D eigenvalue weighted by molar-refractivity contribution is 5.80. The van der Waals surface area contributed by atoms with Crippen LogP contribution < -0.4 is 5.32 Å². The van der Waals surface area contributed by atoms with Crippen molar-refractivity contribution in [2.45, 2.75) is 19.9 Å². The van der Waals surface area contributed by atoms with E-state index in [2.05, 4.69) is 59.5 Å². The van der Waals surface area contributed by atoms with Crippen LogP contribution in [0.25, 0.3) is 10.9 Å². The second kappa shape index (κ2) is 6.57. The van der Waals surface area contributed by atoms with E-state index in [0.717, 1.165) is 26.2 Å². The third kappa shape index (κ3) is 3.59. The maximum atomic E-state index is 3.47. The molecule has 0 amide bonds. The quantitative estimate of drug-likeness (QED) is 0.735. The molecule has 1 aromatic heterocycles. The van der Waals surface area contributed by atoms with E-state index in [1.54, 1.807) is 0 Å². The van der Waals surface area contributed by atoms with E-state index in [4.69, 9.17) is 0 Å². The van der Waals surface area contributed by atoms with Gasteiger partial charge in [-0.1, -0.05) is 25.1 Å². The Balaban J connectivity index is 1.84. The summed E-state index contributed by atoms with van der Waals surface area (Å²) in [5, 5.41) is 4.72. The molecule has 1 aromatic carbocycles. The van der Waals surface area contributed by atoms with E-state index in [-0.39, 0.29) is 0 Å². The van der Waals surface area contributed by atoms with Crippen LogP contribution >= 0.6 is 0 Å². The number of nitrogens with zero attached hydrogens (tertiary/aromatic N) is 1. The van der Waals surface area contributed by atoms with Gasteiger partial charge in [-0.3, -0.25) is 4.90 Å². The van der Waals surface area contributed by atoms with Crippen LogP contribution in [-0.2, 0) is 6.54 Å². The summed E-state index contributed by atoms with van der Waals surface area (Å²) in [7, 11) is 2.17. The highest BCUT2D eigenvalue weighted by atomic mass is 15.1. The fraction of sp³-hybridized carbons (Fsp3) is 0.467. The summed E-state index contributed by atoms with van der Waals surface area (Å²) in [6, 6.07) is 10.7. The van der Waals surface area contributed by atoms with Crippen LogP contribution in [0.15, 0.2) is 30.3 Å². The minimum Gasteiger partial charge on any atom is -0.357 e. The van der Waals surface area contributed by atoms with Crippen LogP contribution in [0.3, 0.4) is 0 Å². The summed E-state index contributed by atoms with van der Waals surface area (Å²) in [6.07, 6.45) is 1.20. The number of hydrogen-bond acceptors (Lipinski definition) is 2. The van der Waals surface area contributed by atoms with Crippen LogP contribution in [0.1, 0.15) is 19.0 Å². The van der Waals surface area contributed by atoms with Gasteiger partial charge in [0, 0.05) is 30.8 Å². The lowest BCUT2D eigenvalue weighted by molar-refractivity contribution is 0.321. The molecule has 0 aliphatic rings. The van der Waals surface area contributed by atoms with Gasteiger partial charge in [-0.15, -0.1) is 0 Å². The van der Waals surface area contributed by atoms with E-state index in [1.807, 2.05) is 0 Å². The third-order valence-electron chi connectivity index (χ3n) is 3.12. The second-order valence-corrected chi connectivity index (χ2v) is 4.87. The van der Waals surface area contributed by atoms with Crippen molar-refractivity contribution in [3.05, 3.63) is 36.0 Å². The van der Waals surface area contributed by atoms with Crippen LogP contribution in [0.5, 0.6) is 0 Å². The Kier molecular flexibility index (Phi) is 4.79. The van der Waals surface area contributed by atoms with Crippen molar-refractivity contribution in [1.29, 1.82) is 0 Å². The largest absolute Gasteiger partial charge is 0.357 e. The zero-order valence-corrected chi connectivity index (χ0v) is 11.4. The molecular weight excluding hydrogens is 222 g/mol. The number of nitrogens with one attached hydrogen (secondary N) is 2. The van der Waals surface area contributed by atoms with Gasteiger partial charge in [0.05, 0.1) is 0 Å². The normalized spacial score (nSPS) is 11.5. The van der Waals surface area contributed by atoms with E-state index >= 15 is 0 Å². The molecule has 3 heteroatoms. The highest BCUT2D eigenvalue weighted by Crippen LogP contribution is 2.15. The molecule has 1 heterocycles. The monoisotopic (exact) mass is 245 g/mol. The van der Waals surface area contributed by atoms with Gasteiger partial charge < -0.3 is 10.3 Å². The smallest absolute Gasteiger partial charge is 0.0456 e. The summed E-state index contributed by atoms with van der Waals surface area (Å²) in [4.78, 5) is 5.81. The molecule has 2 aromatic rings. The Morgan fingerprint density at radius 3 is 2.83 bits per heavy atom. The molecule has 0 spiro atoms. The molecule has 3 nitrogen and oxygen atoms in total. The molecule has 0 bridgehead atoms. The van der Waals surface area contributed by atoms with Gasteiger partial charge >= 0.3 is 0 Å². The molecule has 0 atom stereocenters. The second-order valence-electron chi connectivity index (χ2n) is 4.87. The molecule has 0 aliphatic carbocycles. The first-order valence-electron chi connectivity index (χ1n) is 6.75. The standard InChI is InChI=1S/C15H23N3/c1-3-8-16-9-10-18(2)12-14-11-13-6-4-5-7-15(13)17-14/h4-7,11,16-17H,3,8-10,12H2,1-2H3. The molecule has 0 radical (unpaired) electrons. The van der Waals surface area contributed by atoms with Crippen LogP contribution in [-0.4, -0.2) is 36.6 Å². The minimum absolute atomic E-state index is 0.975. The number of benzene rings is 1. The predicted molar refractivity (Wildman–Crippen MR) is 77.8 cm³/mol. The molecule has 98 valence electrons. The Hall–Kier alpha value is -1.32. The molecule has 0 saturated heterocycles. The van der Waals surface area contributed by atoms with Gasteiger partial charge in [-0.2, -0.15) is 0 Å². The van der Waals surface area contributed by atoms with Crippen molar-refractivity contribution in [2.24, 2.45) is 0 Å². The first-order valence-corrected chi connectivity index (χ1v) is 6.75. The topological polar surface area (TPSA) is 31.1 Å². The lowest BCUT2D eigenvalue weighted by atomic mass is 10.2. The number of fused-ring (bicyclic) bond motifs is 1. The average molecular weight is 245 g/mol. The maximum Gasteiger partial charge on any atom is 0.0456 e. The van der Waals surface area contributed by atoms with Crippen LogP contribution in [0.4, 0.5) is 0 Å². The van der Waals surface area contributed by atoms with Crippen LogP contribution in [0.2, 0.25) is 0 Å². The number of aromatic amines is 1. The maximum absolute atomic E-state index is 3.47. The summed E-state index contributed by atoms with van der Waals surface area (Å²) in [5.41, 5.74) is 2.51. The van der Waals surface area contributed by atoms with Gasteiger partial charge in [0.15, 0.2) is 0 Å². The van der Waals surface area contributed by atoms with Crippen molar-refractivity contribution in [1.82, 2.24) is 15.2 Å². The van der Waals surface area contributed by atoms with Crippen molar-refractivity contribution in [3.63, 3.8) is 0 Å². The number of para-hydroxylation sites is 1. The van der Waals surface area contributed by atoms with Crippen molar-refractivity contribution in [3.8, 4) is 0 Å². The molecule has 0 fully saturated rings. The van der Waals surface area contributed by atoms with Crippen molar-refractivity contribution in [2.75, 3.05) is 26.7 Å². The van der Waals surface area contributed by atoms with Gasteiger partial charge in [-0.25, -0.2) is 0 Å². The molecule has 18 heavy (non-hydrogen) atoms. The fourth-order valence-corrected chi connectivity index (χ4v) is 2.16. The van der Waals surface area contributed by atoms with E-state index < -0.39 is 0 Å². The van der Waals surface area contributed by atoms with E-state index in [9.17, 15) is 0 Å². The predicted octanol–water partition coefficient (Wildman–Crippen LogP) is 2.60. The van der Waals surface area contributed by atoms with E-state index in [0.29, 0.717) is 0 Å². The first-order chi connectivity index (χ1) is 8.79. The van der Waals surface area contributed by atoms with Crippen molar-refractivity contribution >= 4 is 10.9 Å². The van der Waals surface area contributed by atoms with Gasteiger partial charge in [0.1, 0.15) is 0 Å². The lowest BCUT2D eigenvalue weighted by Crippen LogP contribution is -2.29.